The molecule has 1 aromatic carbocycles. The molecule has 0 unspecified atom stereocenters. The summed E-state index contributed by atoms with van der Waals surface area (Å²) in [5, 5.41) is 20.9. The second kappa shape index (κ2) is 2.90. The molecule has 0 atom stereocenters. The Kier molecular flexibility index (Phi) is 1.88. The van der Waals surface area contributed by atoms with Gasteiger partial charge in [-0.3, -0.25) is 0 Å². The van der Waals surface area contributed by atoms with Gasteiger partial charge in [-0.15, -0.1) is 11.3 Å². The summed E-state index contributed by atoms with van der Waals surface area (Å²) in [6, 6.07) is 7.42. The van der Waals surface area contributed by atoms with Crippen molar-refractivity contribution in [3.8, 4) is 0 Å². The van der Waals surface area contributed by atoms with Crippen molar-refractivity contribution in [1.29, 1.82) is 0 Å². The van der Waals surface area contributed by atoms with Crippen LogP contribution in [0.4, 0.5) is 0 Å². The van der Waals surface area contributed by atoms with Gasteiger partial charge in [0.25, 0.3) is 0 Å². The van der Waals surface area contributed by atoms with Crippen LogP contribution in [0.5, 0.6) is 0 Å². The van der Waals surface area contributed by atoms with Gasteiger partial charge in [-0.05, 0) is 28.4 Å². The van der Waals surface area contributed by atoms with Crippen LogP contribution >= 0.6 is 11.3 Å². The van der Waals surface area contributed by atoms with Gasteiger partial charge in [0, 0.05) is 4.70 Å². The van der Waals surface area contributed by atoms with E-state index in [4.69, 9.17) is 10.0 Å². The van der Waals surface area contributed by atoms with Crippen molar-refractivity contribution in [2.24, 2.45) is 0 Å². The lowest BCUT2D eigenvalue weighted by molar-refractivity contribution is 0.426. The average molecular weight is 178 g/mol. The molecule has 2 aromatic rings. The first-order valence-corrected chi connectivity index (χ1v) is 4.48. The third kappa shape index (κ3) is 1.24. The molecule has 0 saturated heterocycles. The Morgan fingerprint density at radius 3 is 2.75 bits per heavy atom. The van der Waals surface area contributed by atoms with Crippen LogP contribution in [-0.4, -0.2) is 17.2 Å². The SMILES string of the molecule is OB(O)c1ccc2ccsc2c1. The van der Waals surface area contributed by atoms with E-state index in [0.717, 1.165) is 10.1 Å². The first-order chi connectivity index (χ1) is 5.77. The molecule has 1 heterocycles. The Bertz CT molecular complexity index is 397. The molecule has 0 spiro atoms. The number of rotatable bonds is 1. The lowest BCUT2D eigenvalue weighted by Gasteiger charge is -1.97. The summed E-state index contributed by atoms with van der Waals surface area (Å²) >= 11 is 1.60. The van der Waals surface area contributed by atoms with Crippen molar-refractivity contribution in [2.45, 2.75) is 0 Å². The second-order valence-electron chi connectivity index (χ2n) is 2.59. The van der Waals surface area contributed by atoms with Gasteiger partial charge < -0.3 is 10.0 Å². The summed E-state index contributed by atoms with van der Waals surface area (Å²) in [5.41, 5.74) is 0.546. The molecule has 2 nitrogen and oxygen atoms in total. The van der Waals surface area contributed by atoms with Crippen molar-refractivity contribution in [3.05, 3.63) is 29.6 Å². The minimum Gasteiger partial charge on any atom is -0.423 e. The van der Waals surface area contributed by atoms with Gasteiger partial charge in [0.05, 0.1) is 0 Å². The van der Waals surface area contributed by atoms with Crippen molar-refractivity contribution in [2.75, 3.05) is 0 Å². The van der Waals surface area contributed by atoms with Gasteiger partial charge in [-0.2, -0.15) is 0 Å². The number of hydrogen-bond donors (Lipinski definition) is 2. The van der Waals surface area contributed by atoms with Gasteiger partial charge in [0.15, 0.2) is 0 Å². The van der Waals surface area contributed by atoms with E-state index in [1.54, 1.807) is 23.5 Å². The molecule has 2 rings (SSSR count). The van der Waals surface area contributed by atoms with Crippen molar-refractivity contribution >= 4 is 34.0 Å². The molecule has 4 heteroatoms. The fraction of sp³-hybridized carbons (Fsp3) is 0. The van der Waals surface area contributed by atoms with Gasteiger partial charge in [0.2, 0.25) is 0 Å². The minimum atomic E-state index is -1.36. The maximum absolute atomic E-state index is 8.88. The van der Waals surface area contributed by atoms with Gasteiger partial charge in [0.1, 0.15) is 0 Å². The van der Waals surface area contributed by atoms with E-state index < -0.39 is 7.12 Å². The lowest BCUT2D eigenvalue weighted by atomic mass is 9.80. The third-order valence-corrected chi connectivity index (χ3v) is 2.66. The molecule has 0 aliphatic heterocycles. The zero-order valence-electron chi connectivity index (χ0n) is 6.27. The lowest BCUT2D eigenvalue weighted by Crippen LogP contribution is -2.29. The molecule has 0 bridgehead atoms. The van der Waals surface area contributed by atoms with Crippen LogP contribution in [-0.2, 0) is 0 Å². The summed E-state index contributed by atoms with van der Waals surface area (Å²) in [5.74, 6) is 0. The molecule has 0 radical (unpaired) electrons. The maximum Gasteiger partial charge on any atom is 0.488 e. The van der Waals surface area contributed by atoms with Crippen molar-refractivity contribution in [1.82, 2.24) is 0 Å². The van der Waals surface area contributed by atoms with Crippen LogP contribution < -0.4 is 5.46 Å². The fourth-order valence-corrected chi connectivity index (χ4v) is 1.97. The first-order valence-electron chi connectivity index (χ1n) is 3.60. The molecule has 0 aliphatic carbocycles. The summed E-state index contributed by atoms with van der Waals surface area (Å²) in [6.45, 7) is 0. The van der Waals surface area contributed by atoms with Crippen LogP contribution in [0.25, 0.3) is 10.1 Å². The Balaban J connectivity index is 2.60. The highest BCUT2D eigenvalue weighted by atomic mass is 32.1. The molecule has 0 fully saturated rings. The highest BCUT2D eigenvalue weighted by molar-refractivity contribution is 7.17. The molecule has 1 aromatic heterocycles. The second-order valence-corrected chi connectivity index (χ2v) is 3.54. The van der Waals surface area contributed by atoms with Crippen molar-refractivity contribution < 1.29 is 10.0 Å². The highest BCUT2D eigenvalue weighted by Gasteiger charge is 2.10. The molecule has 0 aliphatic rings. The molecule has 0 amide bonds. The van der Waals surface area contributed by atoms with E-state index in [0.29, 0.717) is 5.46 Å². The Hall–Kier alpha value is -0.835. The molecule has 2 N–H and O–H groups in total. The quantitative estimate of drug-likeness (QED) is 0.627. The molecule has 60 valence electrons. The zero-order valence-corrected chi connectivity index (χ0v) is 7.08. The first kappa shape index (κ1) is 7.80. The normalized spacial score (nSPS) is 10.5. The average Bonchev–Trinajstić information content (AvgIpc) is 2.49. The number of benzene rings is 1. The van der Waals surface area contributed by atoms with Crippen molar-refractivity contribution in [3.63, 3.8) is 0 Å². The minimum absolute atomic E-state index is 0.546. The van der Waals surface area contributed by atoms with E-state index in [1.807, 2.05) is 17.5 Å². The zero-order chi connectivity index (χ0) is 8.55. The van der Waals surface area contributed by atoms with Gasteiger partial charge in [-0.1, -0.05) is 12.1 Å². The summed E-state index contributed by atoms with van der Waals surface area (Å²) in [6.07, 6.45) is 0. The van der Waals surface area contributed by atoms with Crippen LogP contribution in [0.2, 0.25) is 0 Å². The number of thiophene rings is 1. The molecular formula is C8H7BO2S. The van der Waals surface area contributed by atoms with Crippen LogP contribution in [0.15, 0.2) is 29.6 Å². The third-order valence-electron chi connectivity index (χ3n) is 1.78. The van der Waals surface area contributed by atoms with Gasteiger partial charge in [-0.25, -0.2) is 0 Å². The van der Waals surface area contributed by atoms with E-state index in [1.165, 1.54) is 0 Å². The van der Waals surface area contributed by atoms with E-state index in [-0.39, 0.29) is 0 Å². The monoisotopic (exact) mass is 178 g/mol. The Labute approximate surface area is 74.2 Å². The van der Waals surface area contributed by atoms with Crippen LogP contribution in [0, 0.1) is 0 Å². The Morgan fingerprint density at radius 2 is 2.00 bits per heavy atom. The van der Waals surface area contributed by atoms with Crippen LogP contribution in [0.3, 0.4) is 0 Å². The van der Waals surface area contributed by atoms with E-state index in [2.05, 4.69) is 0 Å². The summed E-state index contributed by atoms with van der Waals surface area (Å²) in [4.78, 5) is 0. The highest BCUT2D eigenvalue weighted by Crippen LogP contribution is 2.18. The molecular weight excluding hydrogens is 171 g/mol. The number of hydrogen-bond acceptors (Lipinski definition) is 3. The fourth-order valence-electron chi connectivity index (χ4n) is 1.13. The standard InChI is InChI=1S/C8H7BO2S/c10-9(11)7-2-1-6-3-4-12-8(6)5-7/h1-5,10-11H. The summed E-state index contributed by atoms with van der Waals surface area (Å²) in [7, 11) is -1.36. The number of fused-ring (bicyclic) bond motifs is 1. The van der Waals surface area contributed by atoms with E-state index >= 15 is 0 Å². The van der Waals surface area contributed by atoms with Crippen LogP contribution in [0.1, 0.15) is 0 Å². The smallest absolute Gasteiger partial charge is 0.423 e. The Morgan fingerprint density at radius 1 is 1.17 bits per heavy atom. The maximum atomic E-state index is 8.88. The summed E-state index contributed by atoms with van der Waals surface area (Å²) < 4.78 is 1.08. The largest absolute Gasteiger partial charge is 0.488 e. The predicted molar refractivity (Wildman–Crippen MR) is 51.7 cm³/mol. The topological polar surface area (TPSA) is 40.5 Å². The molecule has 0 saturated carbocycles. The predicted octanol–water partition coefficient (Wildman–Crippen LogP) is 0.581. The molecule has 12 heavy (non-hydrogen) atoms. The van der Waals surface area contributed by atoms with Gasteiger partial charge >= 0.3 is 7.12 Å². The van der Waals surface area contributed by atoms with E-state index in [9.17, 15) is 0 Å².